The maximum absolute atomic E-state index is 7.23. The van der Waals surface area contributed by atoms with Gasteiger partial charge in [0.2, 0.25) is 0 Å². The van der Waals surface area contributed by atoms with E-state index >= 15 is 0 Å². The molecule has 0 aliphatic rings. The van der Waals surface area contributed by atoms with Crippen LogP contribution in [0.2, 0.25) is 0 Å². The molecule has 0 amide bonds. The Balaban J connectivity index is -0.0000000183. The summed E-state index contributed by atoms with van der Waals surface area (Å²) in [7, 11) is -1.62. The van der Waals surface area contributed by atoms with Crippen molar-refractivity contribution in [2.45, 2.75) is 0 Å². The van der Waals surface area contributed by atoms with Crippen LogP contribution < -0.4 is 29.6 Å². The molecule has 4 N–H and O–H groups in total. The number of aliphatic hydroxyl groups excluding tert-OH is 1. The predicted octanol–water partition coefficient (Wildman–Crippen LogP) is -4.08. The van der Waals surface area contributed by atoms with Crippen molar-refractivity contribution < 1.29 is 50.8 Å². The number of hydrogen-bond acceptors (Lipinski definition) is 4. The third kappa shape index (κ3) is 125. The molecule has 4 nitrogen and oxygen atoms in total. The van der Waals surface area contributed by atoms with E-state index in [0.717, 1.165) is 7.11 Å². The van der Waals surface area contributed by atoms with Gasteiger partial charge in [0.25, 0.3) is 0 Å². The zero-order chi connectivity index (χ0) is 5.58. The topological polar surface area (TPSA) is 80.9 Å². The molecule has 0 aliphatic carbocycles. The van der Waals surface area contributed by atoms with Gasteiger partial charge in [0, 0.05) is 7.11 Å². The van der Waals surface area contributed by atoms with E-state index < -0.39 is 8.60 Å². The Morgan fingerprint density at radius 1 is 1.14 bits per heavy atom. The van der Waals surface area contributed by atoms with Gasteiger partial charge in [-0.05, 0) is 0 Å². The molecule has 0 aromatic carbocycles. The molecule has 7 heavy (non-hydrogen) atoms. The Kier molecular flexibility index (Phi) is 35.2. The third-order valence-corrected chi connectivity index (χ3v) is 0. The molecule has 0 atom stereocenters. The van der Waals surface area contributed by atoms with Crippen molar-refractivity contribution >= 4 is 8.60 Å². The van der Waals surface area contributed by atoms with Crippen LogP contribution in [-0.4, -0.2) is 26.9 Å². The minimum atomic E-state index is -2.62. The smallest absolute Gasteiger partial charge is 1.00 e. The van der Waals surface area contributed by atoms with Crippen molar-refractivity contribution in [3.8, 4) is 0 Å². The van der Waals surface area contributed by atoms with Crippen LogP contribution in [0.3, 0.4) is 0 Å². The maximum Gasteiger partial charge on any atom is 1.00 e. The molecular formula is CH8NaO4P. The number of hydrogen-bond donors (Lipinski definition) is 4. The standard InChI is InChI=1S/CH4O.Na.H3O3P.H/c1-2;;1-4(2)3;/h2H,1H3;;1-3H;/q;+1;;-1. The van der Waals surface area contributed by atoms with E-state index in [1.54, 1.807) is 0 Å². The average molecular weight is 138 g/mol. The van der Waals surface area contributed by atoms with Crippen LogP contribution >= 0.6 is 8.60 Å². The van der Waals surface area contributed by atoms with Crippen molar-refractivity contribution in [2.24, 2.45) is 0 Å². The predicted molar refractivity (Wildman–Crippen MR) is 22.8 cm³/mol. The second-order valence-electron chi connectivity index (χ2n) is 0.268. The Morgan fingerprint density at radius 3 is 1.14 bits per heavy atom. The fourth-order valence-corrected chi connectivity index (χ4v) is 0. The van der Waals surface area contributed by atoms with E-state index in [0.29, 0.717) is 0 Å². The fraction of sp³-hybridized carbons (Fsp3) is 1.00. The van der Waals surface area contributed by atoms with Crippen molar-refractivity contribution in [1.82, 2.24) is 0 Å². The van der Waals surface area contributed by atoms with Gasteiger partial charge < -0.3 is 21.2 Å². The molecule has 0 unspecified atom stereocenters. The molecule has 6 heteroatoms. The summed E-state index contributed by atoms with van der Waals surface area (Å²) in [6, 6.07) is 0. The van der Waals surface area contributed by atoms with Gasteiger partial charge in [-0.15, -0.1) is 0 Å². The van der Waals surface area contributed by atoms with E-state index in [4.69, 9.17) is 19.8 Å². The van der Waals surface area contributed by atoms with Crippen LogP contribution in [0.1, 0.15) is 1.43 Å². The quantitative estimate of drug-likeness (QED) is 0.203. The van der Waals surface area contributed by atoms with Gasteiger partial charge in [-0.2, -0.15) is 0 Å². The summed E-state index contributed by atoms with van der Waals surface area (Å²) in [6.07, 6.45) is 0. The maximum atomic E-state index is 7.23. The van der Waals surface area contributed by atoms with Crippen molar-refractivity contribution in [2.75, 3.05) is 7.11 Å². The Hall–Kier alpha value is 1.27. The monoisotopic (exact) mass is 138 g/mol. The van der Waals surface area contributed by atoms with Crippen LogP contribution in [0.15, 0.2) is 0 Å². The van der Waals surface area contributed by atoms with Gasteiger partial charge in [0.15, 0.2) is 0 Å². The first kappa shape index (κ1) is 15.7. The molecule has 0 spiro atoms. The molecule has 0 aromatic rings. The Bertz CT molecular complexity index is 20.8. The average Bonchev–Trinajstić information content (AvgIpc) is 1.41. The summed E-state index contributed by atoms with van der Waals surface area (Å²) in [5, 5.41) is 7.00. The van der Waals surface area contributed by atoms with Crippen molar-refractivity contribution in [1.29, 1.82) is 0 Å². The molecule has 0 saturated carbocycles. The van der Waals surface area contributed by atoms with Crippen LogP contribution in [0.25, 0.3) is 0 Å². The SMILES string of the molecule is CO.OP(O)O.[H-].[Na+]. The van der Waals surface area contributed by atoms with E-state index in [-0.39, 0.29) is 31.0 Å². The molecule has 0 aliphatic heterocycles. The van der Waals surface area contributed by atoms with Crippen LogP contribution in [0.4, 0.5) is 0 Å². The molecule has 0 aromatic heterocycles. The van der Waals surface area contributed by atoms with Crippen LogP contribution in [-0.2, 0) is 0 Å². The third-order valence-electron chi connectivity index (χ3n) is 0. The first-order valence-electron chi connectivity index (χ1n) is 1.05. The molecule has 0 rings (SSSR count). The number of aliphatic hydroxyl groups is 1. The molecule has 0 bridgehead atoms. The zero-order valence-electron chi connectivity index (χ0n) is 5.24. The molecule has 0 saturated heterocycles. The largest absolute Gasteiger partial charge is 1.00 e. The Morgan fingerprint density at radius 2 is 1.14 bits per heavy atom. The molecule has 0 fully saturated rings. The molecule has 0 heterocycles. The second-order valence-corrected chi connectivity index (χ2v) is 0.805. The fourth-order valence-electron chi connectivity index (χ4n) is 0. The minimum Gasteiger partial charge on any atom is -1.00 e. The summed E-state index contributed by atoms with van der Waals surface area (Å²) in [5.74, 6) is 0. The Labute approximate surface area is 66.6 Å². The van der Waals surface area contributed by atoms with Crippen LogP contribution in [0.5, 0.6) is 0 Å². The first-order valence-corrected chi connectivity index (χ1v) is 2.25. The van der Waals surface area contributed by atoms with Crippen molar-refractivity contribution in [3.05, 3.63) is 0 Å². The van der Waals surface area contributed by atoms with E-state index in [1.165, 1.54) is 0 Å². The molecule has 42 valence electrons. The molecule has 0 radical (unpaired) electrons. The number of rotatable bonds is 0. The first-order chi connectivity index (χ1) is 2.73. The zero-order valence-corrected chi connectivity index (χ0v) is 7.13. The van der Waals surface area contributed by atoms with E-state index in [2.05, 4.69) is 0 Å². The van der Waals surface area contributed by atoms with Crippen molar-refractivity contribution in [3.63, 3.8) is 0 Å². The van der Waals surface area contributed by atoms with E-state index in [9.17, 15) is 0 Å². The van der Waals surface area contributed by atoms with Gasteiger partial charge in [0.05, 0.1) is 0 Å². The van der Waals surface area contributed by atoms with E-state index in [1.807, 2.05) is 0 Å². The summed E-state index contributed by atoms with van der Waals surface area (Å²) in [6.45, 7) is 0. The summed E-state index contributed by atoms with van der Waals surface area (Å²) in [5.41, 5.74) is 0. The van der Waals surface area contributed by atoms with Gasteiger partial charge in [0.1, 0.15) is 0 Å². The van der Waals surface area contributed by atoms with Gasteiger partial charge in [-0.3, -0.25) is 0 Å². The van der Waals surface area contributed by atoms with Gasteiger partial charge >= 0.3 is 38.2 Å². The second kappa shape index (κ2) is 15.7. The summed E-state index contributed by atoms with van der Waals surface area (Å²) < 4.78 is 0. The normalized spacial score (nSPS) is 6.00. The van der Waals surface area contributed by atoms with Gasteiger partial charge in [-0.1, -0.05) is 0 Å². The molecular weight excluding hydrogens is 130 g/mol. The van der Waals surface area contributed by atoms with Gasteiger partial charge in [-0.25, -0.2) is 0 Å². The van der Waals surface area contributed by atoms with Crippen LogP contribution in [0, 0.1) is 0 Å². The minimum absolute atomic E-state index is 0. The summed E-state index contributed by atoms with van der Waals surface area (Å²) in [4.78, 5) is 21.7. The summed E-state index contributed by atoms with van der Waals surface area (Å²) >= 11 is 0.